The lowest BCUT2D eigenvalue weighted by atomic mass is 9.87. The number of nitrogens with zero attached hydrogens (tertiary/aromatic N) is 1. The van der Waals surface area contributed by atoms with Crippen LogP contribution in [-0.2, 0) is 16.8 Å². The summed E-state index contributed by atoms with van der Waals surface area (Å²) in [7, 11) is 0. The molecule has 0 bridgehead atoms. The van der Waals surface area contributed by atoms with Crippen LogP contribution < -0.4 is 16.0 Å². The van der Waals surface area contributed by atoms with Crippen LogP contribution in [0.4, 0.5) is 5.69 Å². The van der Waals surface area contributed by atoms with E-state index in [0.29, 0.717) is 17.9 Å². The molecule has 2 aromatic carbocycles. The minimum absolute atomic E-state index is 0.0400. The van der Waals surface area contributed by atoms with Crippen LogP contribution in [0.15, 0.2) is 47.4 Å². The second-order valence-electron chi connectivity index (χ2n) is 9.10. The molecule has 2 aromatic rings. The number of nitrogens with two attached hydrogens (primary N) is 1. The van der Waals surface area contributed by atoms with Crippen molar-refractivity contribution in [1.82, 2.24) is 5.32 Å². The van der Waals surface area contributed by atoms with E-state index in [0.717, 1.165) is 16.1 Å². The zero-order chi connectivity index (χ0) is 22.1. The van der Waals surface area contributed by atoms with Gasteiger partial charge in [0.05, 0.1) is 18.3 Å². The van der Waals surface area contributed by atoms with Crippen molar-refractivity contribution in [3.8, 4) is 0 Å². The highest BCUT2D eigenvalue weighted by Gasteiger charge is 2.29. The van der Waals surface area contributed by atoms with Crippen LogP contribution in [0.5, 0.6) is 0 Å². The number of thioether (sulfide) groups is 1. The molecule has 0 saturated carbocycles. The van der Waals surface area contributed by atoms with E-state index < -0.39 is 6.04 Å². The first-order valence-corrected chi connectivity index (χ1v) is 11.3. The summed E-state index contributed by atoms with van der Waals surface area (Å²) in [5.41, 5.74) is 9.78. The number of fused-ring (bicyclic) bond motifs is 1. The summed E-state index contributed by atoms with van der Waals surface area (Å²) in [6.45, 7) is 10.8. The maximum absolute atomic E-state index is 13.1. The van der Waals surface area contributed by atoms with E-state index >= 15 is 0 Å². The van der Waals surface area contributed by atoms with Crippen LogP contribution in [0, 0.1) is 0 Å². The van der Waals surface area contributed by atoms with E-state index in [2.05, 4.69) is 50.4 Å². The molecule has 0 fully saturated rings. The number of hydrogen-bond acceptors (Lipinski definition) is 4. The molecule has 0 spiro atoms. The van der Waals surface area contributed by atoms with Crippen LogP contribution in [-0.4, -0.2) is 29.7 Å². The van der Waals surface area contributed by atoms with Gasteiger partial charge in [0.1, 0.15) is 0 Å². The van der Waals surface area contributed by atoms with Crippen molar-refractivity contribution < 1.29 is 9.59 Å². The average molecular weight is 426 g/mol. The van der Waals surface area contributed by atoms with Gasteiger partial charge in [-0.25, -0.2) is 0 Å². The quantitative estimate of drug-likeness (QED) is 0.774. The fraction of sp³-hybridized carbons (Fsp3) is 0.417. The highest BCUT2D eigenvalue weighted by molar-refractivity contribution is 7.99. The lowest BCUT2D eigenvalue weighted by Crippen LogP contribution is -2.44. The zero-order valence-electron chi connectivity index (χ0n) is 18.4. The van der Waals surface area contributed by atoms with Crippen LogP contribution in [0.2, 0.25) is 0 Å². The third-order valence-corrected chi connectivity index (χ3v) is 6.28. The van der Waals surface area contributed by atoms with Gasteiger partial charge >= 0.3 is 0 Å². The molecule has 0 saturated heterocycles. The minimum atomic E-state index is -0.579. The number of nitrogens with one attached hydrogen (secondary N) is 1. The first kappa shape index (κ1) is 22.4. The predicted octanol–water partition coefficient (Wildman–Crippen LogP) is 4.09. The first-order valence-electron chi connectivity index (χ1n) is 10.3. The number of anilines is 1. The van der Waals surface area contributed by atoms with Gasteiger partial charge in [-0.1, -0.05) is 45.0 Å². The summed E-state index contributed by atoms with van der Waals surface area (Å²) in [5, 5.41) is 2.91. The van der Waals surface area contributed by atoms with Gasteiger partial charge in [0.2, 0.25) is 5.91 Å². The number of amides is 2. The fourth-order valence-electron chi connectivity index (χ4n) is 3.36. The Hall–Kier alpha value is -2.31. The number of rotatable bonds is 4. The van der Waals surface area contributed by atoms with E-state index in [1.165, 1.54) is 5.56 Å². The monoisotopic (exact) mass is 425 g/mol. The zero-order valence-corrected chi connectivity index (χ0v) is 19.2. The maximum atomic E-state index is 13.1. The molecule has 3 rings (SSSR count). The molecule has 0 unspecified atom stereocenters. The van der Waals surface area contributed by atoms with Gasteiger partial charge in [0.15, 0.2) is 0 Å². The van der Waals surface area contributed by atoms with Gasteiger partial charge in [-0.05, 0) is 48.6 Å². The molecule has 30 heavy (non-hydrogen) atoms. The van der Waals surface area contributed by atoms with Crippen molar-refractivity contribution in [2.45, 2.75) is 63.6 Å². The SMILES string of the molecule is CC(C)NC(=O)c1ccc2c(c1)N(Cc1ccc(C(C)(C)C)cc1)C(=O)[C@@H](N)CS2. The molecule has 3 N–H and O–H groups in total. The van der Waals surface area contributed by atoms with Crippen molar-refractivity contribution in [1.29, 1.82) is 0 Å². The molecular weight excluding hydrogens is 394 g/mol. The minimum Gasteiger partial charge on any atom is -0.350 e. The molecule has 1 atom stereocenters. The summed E-state index contributed by atoms with van der Waals surface area (Å²) in [6.07, 6.45) is 0. The van der Waals surface area contributed by atoms with Crippen molar-refractivity contribution in [3.05, 3.63) is 59.2 Å². The van der Waals surface area contributed by atoms with E-state index in [1.54, 1.807) is 28.8 Å². The van der Waals surface area contributed by atoms with Crippen molar-refractivity contribution in [2.75, 3.05) is 10.7 Å². The van der Waals surface area contributed by atoms with Gasteiger partial charge < -0.3 is 16.0 Å². The number of carbonyl (C=O) groups is 2. The Morgan fingerprint density at radius 2 is 1.87 bits per heavy atom. The number of hydrogen-bond donors (Lipinski definition) is 2. The fourth-order valence-corrected chi connectivity index (χ4v) is 4.35. The Morgan fingerprint density at radius 3 is 2.47 bits per heavy atom. The first-order chi connectivity index (χ1) is 14.1. The van der Waals surface area contributed by atoms with Gasteiger partial charge in [-0.3, -0.25) is 9.59 Å². The molecule has 2 amide bonds. The van der Waals surface area contributed by atoms with Gasteiger partial charge in [-0.2, -0.15) is 0 Å². The van der Waals surface area contributed by atoms with E-state index in [9.17, 15) is 9.59 Å². The summed E-state index contributed by atoms with van der Waals surface area (Å²) in [6, 6.07) is 13.3. The molecular formula is C24H31N3O2S. The Morgan fingerprint density at radius 1 is 1.20 bits per heavy atom. The highest BCUT2D eigenvalue weighted by atomic mass is 32.2. The molecule has 0 radical (unpaired) electrons. The van der Waals surface area contributed by atoms with Gasteiger partial charge in [0.25, 0.3) is 5.91 Å². The Bertz CT molecular complexity index is 932. The molecule has 6 heteroatoms. The Kier molecular flexibility index (Phi) is 6.58. The number of benzene rings is 2. The topological polar surface area (TPSA) is 75.4 Å². The molecule has 0 aromatic heterocycles. The van der Waals surface area contributed by atoms with Crippen molar-refractivity contribution in [2.24, 2.45) is 5.73 Å². The Labute approximate surface area is 183 Å². The van der Waals surface area contributed by atoms with E-state index in [1.807, 2.05) is 19.9 Å². The van der Waals surface area contributed by atoms with Gasteiger partial charge in [-0.15, -0.1) is 11.8 Å². The Balaban J connectivity index is 1.96. The predicted molar refractivity (Wildman–Crippen MR) is 124 cm³/mol. The smallest absolute Gasteiger partial charge is 0.251 e. The normalized spacial score (nSPS) is 17.0. The third kappa shape index (κ3) is 5.05. The van der Waals surface area contributed by atoms with Crippen LogP contribution in [0.1, 0.15) is 56.1 Å². The molecule has 1 heterocycles. The standard InChI is InChI=1S/C24H31N3O2S/c1-15(2)26-22(28)17-8-11-21-20(12-17)27(23(29)19(25)14-30-21)13-16-6-9-18(10-7-16)24(3,4)5/h6-12,15,19H,13-14,25H2,1-5H3,(H,26,28)/t19-/m0/s1. The molecule has 1 aliphatic heterocycles. The highest BCUT2D eigenvalue weighted by Crippen LogP contribution is 2.36. The van der Waals surface area contributed by atoms with Crippen LogP contribution in [0.3, 0.4) is 0 Å². The summed E-state index contributed by atoms with van der Waals surface area (Å²) in [4.78, 5) is 28.3. The van der Waals surface area contributed by atoms with Gasteiger partial charge in [0, 0.05) is 22.3 Å². The third-order valence-electron chi connectivity index (χ3n) is 5.09. The largest absolute Gasteiger partial charge is 0.350 e. The summed E-state index contributed by atoms with van der Waals surface area (Å²) >= 11 is 1.56. The second kappa shape index (κ2) is 8.82. The second-order valence-corrected chi connectivity index (χ2v) is 10.2. The average Bonchev–Trinajstić information content (AvgIpc) is 2.79. The van der Waals surface area contributed by atoms with Crippen molar-refractivity contribution in [3.63, 3.8) is 0 Å². The van der Waals surface area contributed by atoms with E-state index in [4.69, 9.17) is 5.73 Å². The molecule has 0 aliphatic carbocycles. The van der Waals surface area contributed by atoms with Crippen molar-refractivity contribution >= 4 is 29.3 Å². The molecule has 160 valence electrons. The molecule has 5 nitrogen and oxygen atoms in total. The lowest BCUT2D eigenvalue weighted by Gasteiger charge is -2.26. The molecule has 1 aliphatic rings. The summed E-state index contributed by atoms with van der Waals surface area (Å²) < 4.78 is 0. The van der Waals surface area contributed by atoms with E-state index in [-0.39, 0.29) is 23.3 Å². The lowest BCUT2D eigenvalue weighted by molar-refractivity contribution is -0.119. The maximum Gasteiger partial charge on any atom is 0.251 e. The summed E-state index contributed by atoms with van der Waals surface area (Å²) in [5.74, 6) is 0.249. The number of carbonyl (C=O) groups excluding carboxylic acids is 2. The van der Waals surface area contributed by atoms with Crippen LogP contribution in [0.25, 0.3) is 0 Å². The van der Waals surface area contributed by atoms with Crippen LogP contribution >= 0.6 is 11.8 Å².